The summed E-state index contributed by atoms with van der Waals surface area (Å²) in [6, 6.07) is 15.8. The second kappa shape index (κ2) is 8.08. The van der Waals surface area contributed by atoms with E-state index in [1.54, 1.807) is 6.21 Å². The van der Waals surface area contributed by atoms with Crippen LogP contribution in [0.25, 0.3) is 0 Å². The van der Waals surface area contributed by atoms with Gasteiger partial charge in [0.25, 0.3) is 0 Å². The Morgan fingerprint density at radius 3 is 2.64 bits per heavy atom. The van der Waals surface area contributed by atoms with Crippen LogP contribution in [-0.2, 0) is 11.4 Å². The van der Waals surface area contributed by atoms with E-state index in [0.717, 1.165) is 21.3 Å². The first-order valence-electron chi connectivity index (χ1n) is 9.86. The molecule has 0 aliphatic heterocycles. The SMILES string of the molecule is C[C@]12CCCC[C@@H]1[C@@H]2C(=O)N/N=C\c1ccc(OCc2ccc(Br)cc2)cc1. The summed E-state index contributed by atoms with van der Waals surface area (Å²) in [7, 11) is 0. The fourth-order valence-electron chi connectivity index (χ4n) is 4.49. The molecule has 0 spiro atoms. The summed E-state index contributed by atoms with van der Waals surface area (Å²) in [6.45, 7) is 2.77. The van der Waals surface area contributed by atoms with E-state index in [1.165, 1.54) is 25.7 Å². The number of nitrogens with zero attached hydrogens (tertiary/aromatic N) is 1. The van der Waals surface area contributed by atoms with E-state index >= 15 is 0 Å². The second-order valence-electron chi connectivity index (χ2n) is 8.05. The van der Waals surface area contributed by atoms with E-state index in [0.29, 0.717) is 12.5 Å². The molecule has 1 N–H and O–H groups in total. The summed E-state index contributed by atoms with van der Waals surface area (Å²) >= 11 is 3.43. The zero-order chi connectivity index (χ0) is 19.6. The summed E-state index contributed by atoms with van der Waals surface area (Å²) in [5.74, 6) is 1.57. The molecule has 28 heavy (non-hydrogen) atoms. The highest BCUT2D eigenvalue weighted by molar-refractivity contribution is 9.10. The van der Waals surface area contributed by atoms with Gasteiger partial charge in [0.15, 0.2) is 0 Å². The van der Waals surface area contributed by atoms with Crippen LogP contribution in [0.3, 0.4) is 0 Å². The number of hydrazone groups is 1. The summed E-state index contributed by atoms with van der Waals surface area (Å²) in [5, 5.41) is 4.15. The minimum absolute atomic E-state index is 0.0695. The molecule has 0 radical (unpaired) electrons. The molecule has 3 atom stereocenters. The van der Waals surface area contributed by atoms with Gasteiger partial charge in [-0.25, -0.2) is 5.43 Å². The average molecular weight is 441 g/mol. The van der Waals surface area contributed by atoms with Crippen LogP contribution in [0.4, 0.5) is 0 Å². The smallest absolute Gasteiger partial charge is 0.244 e. The number of ether oxygens (including phenoxy) is 1. The van der Waals surface area contributed by atoms with Crippen molar-refractivity contribution in [3.05, 3.63) is 64.1 Å². The third kappa shape index (κ3) is 4.14. The molecule has 0 bridgehead atoms. The van der Waals surface area contributed by atoms with Crippen LogP contribution >= 0.6 is 15.9 Å². The topological polar surface area (TPSA) is 50.7 Å². The van der Waals surface area contributed by atoms with Crippen LogP contribution in [0.1, 0.15) is 43.7 Å². The van der Waals surface area contributed by atoms with Crippen molar-refractivity contribution in [3.8, 4) is 5.75 Å². The van der Waals surface area contributed by atoms with E-state index in [4.69, 9.17) is 4.74 Å². The maximum absolute atomic E-state index is 12.4. The maximum atomic E-state index is 12.4. The minimum Gasteiger partial charge on any atom is -0.489 e. The third-order valence-electron chi connectivity index (χ3n) is 6.20. The van der Waals surface area contributed by atoms with Crippen molar-refractivity contribution in [2.45, 2.75) is 39.2 Å². The molecular weight excluding hydrogens is 416 g/mol. The van der Waals surface area contributed by atoms with Gasteiger partial charge in [0.2, 0.25) is 5.91 Å². The fourth-order valence-corrected chi connectivity index (χ4v) is 4.75. The van der Waals surface area contributed by atoms with Crippen molar-refractivity contribution in [1.82, 2.24) is 5.43 Å². The third-order valence-corrected chi connectivity index (χ3v) is 6.73. The molecule has 0 heterocycles. The van der Waals surface area contributed by atoms with Gasteiger partial charge in [-0.1, -0.05) is 47.8 Å². The zero-order valence-corrected chi connectivity index (χ0v) is 17.6. The van der Waals surface area contributed by atoms with E-state index in [9.17, 15) is 4.79 Å². The molecule has 1 amide bonds. The lowest BCUT2D eigenvalue weighted by molar-refractivity contribution is -0.123. The highest BCUT2D eigenvalue weighted by atomic mass is 79.9. The van der Waals surface area contributed by atoms with Crippen LogP contribution in [0.2, 0.25) is 0 Å². The van der Waals surface area contributed by atoms with Crippen molar-refractivity contribution < 1.29 is 9.53 Å². The Bertz CT molecular complexity index is 863. The number of nitrogens with one attached hydrogen (secondary N) is 1. The molecule has 0 aromatic heterocycles. The largest absolute Gasteiger partial charge is 0.489 e. The molecule has 2 aliphatic rings. The van der Waals surface area contributed by atoms with E-state index in [-0.39, 0.29) is 17.2 Å². The van der Waals surface area contributed by atoms with Gasteiger partial charge in [0.1, 0.15) is 12.4 Å². The van der Waals surface area contributed by atoms with Gasteiger partial charge in [0.05, 0.1) is 6.21 Å². The Morgan fingerprint density at radius 1 is 1.21 bits per heavy atom. The first kappa shape index (κ1) is 19.2. The number of carbonyl (C=O) groups is 1. The first-order valence-corrected chi connectivity index (χ1v) is 10.7. The van der Waals surface area contributed by atoms with Crippen molar-refractivity contribution >= 4 is 28.1 Å². The number of hydrogen-bond donors (Lipinski definition) is 1. The number of halogens is 1. The fraction of sp³-hybridized carbons (Fsp3) is 0.391. The lowest BCUT2D eigenvalue weighted by atomic mass is 9.90. The van der Waals surface area contributed by atoms with Gasteiger partial charge in [0, 0.05) is 10.4 Å². The number of amides is 1. The monoisotopic (exact) mass is 440 g/mol. The molecule has 2 aromatic rings. The summed E-state index contributed by atoms with van der Waals surface area (Å²) in [6.07, 6.45) is 6.53. The Labute approximate surface area is 174 Å². The predicted molar refractivity (Wildman–Crippen MR) is 114 cm³/mol. The van der Waals surface area contributed by atoms with E-state index in [1.807, 2.05) is 48.5 Å². The van der Waals surface area contributed by atoms with Crippen LogP contribution in [0.15, 0.2) is 58.1 Å². The van der Waals surface area contributed by atoms with Crippen LogP contribution in [-0.4, -0.2) is 12.1 Å². The Balaban J connectivity index is 1.26. The number of carbonyl (C=O) groups excluding carboxylic acids is 1. The lowest BCUT2D eigenvalue weighted by Gasteiger charge is -2.15. The highest BCUT2D eigenvalue weighted by Crippen LogP contribution is 2.66. The van der Waals surface area contributed by atoms with E-state index in [2.05, 4.69) is 33.4 Å². The van der Waals surface area contributed by atoms with E-state index < -0.39 is 0 Å². The number of benzene rings is 2. The molecular formula is C23H25BrN2O2. The molecule has 146 valence electrons. The van der Waals surface area contributed by atoms with Crippen molar-refractivity contribution in [2.75, 3.05) is 0 Å². The van der Waals surface area contributed by atoms with Gasteiger partial charge in [-0.2, -0.15) is 5.10 Å². The Hall–Kier alpha value is -2.14. The first-order chi connectivity index (χ1) is 13.6. The van der Waals surface area contributed by atoms with Crippen molar-refractivity contribution in [3.63, 3.8) is 0 Å². The molecule has 2 aromatic carbocycles. The Morgan fingerprint density at radius 2 is 1.96 bits per heavy atom. The lowest BCUT2D eigenvalue weighted by Crippen LogP contribution is -2.22. The number of rotatable bonds is 6. The maximum Gasteiger partial charge on any atom is 0.244 e. The molecule has 4 nitrogen and oxygen atoms in total. The normalized spacial score (nSPS) is 25.9. The van der Waals surface area contributed by atoms with Crippen molar-refractivity contribution in [2.24, 2.45) is 22.4 Å². The Kier molecular flexibility index (Phi) is 5.54. The van der Waals surface area contributed by atoms with Gasteiger partial charge >= 0.3 is 0 Å². The van der Waals surface area contributed by atoms with Crippen molar-refractivity contribution in [1.29, 1.82) is 0 Å². The second-order valence-corrected chi connectivity index (χ2v) is 8.97. The van der Waals surface area contributed by atoms with Crippen LogP contribution < -0.4 is 10.2 Å². The van der Waals surface area contributed by atoms with Gasteiger partial charge < -0.3 is 4.74 Å². The van der Waals surface area contributed by atoms with Crippen LogP contribution in [0.5, 0.6) is 5.75 Å². The summed E-state index contributed by atoms with van der Waals surface area (Å²) < 4.78 is 6.86. The zero-order valence-electron chi connectivity index (χ0n) is 16.0. The molecule has 5 heteroatoms. The molecule has 4 rings (SSSR count). The average Bonchev–Trinajstić information content (AvgIpc) is 3.34. The minimum atomic E-state index is 0.0695. The molecule has 2 saturated carbocycles. The standard InChI is InChI=1S/C23H25BrN2O2/c1-23-13-3-2-4-20(23)21(23)22(27)26-25-14-16-7-11-19(12-8-16)28-15-17-5-9-18(24)10-6-17/h5-12,14,20-21H,2-4,13,15H2,1H3,(H,26,27)/b25-14-/t20-,21-,23+/m1/s1. The number of fused-ring (bicyclic) bond motifs is 1. The van der Waals surface area contributed by atoms with Gasteiger partial charge in [-0.3, -0.25) is 4.79 Å². The van der Waals surface area contributed by atoms with Gasteiger partial charge in [-0.05, 0) is 71.7 Å². The van der Waals surface area contributed by atoms with Crippen LogP contribution in [0, 0.1) is 17.3 Å². The molecule has 2 aliphatic carbocycles. The molecule has 0 unspecified atom stereocenters. The summed E-state index contributed by atoms with van der Waals surface area (Å²) in [5.41, 5.74) is 4.99. The summed E-state index contributed by atoms with van der Waals surface area (Å²) in [4.78, 5) is 12.4. The number of hydrogen-bond acceptors (Lipinski definition) is 3. The quantitative estimate of drug-likeness (QED) is 0.488. The molecule has 2 fully saturated rings. The predicted octanol–water partition coefficient (Wildman–Crippen LogP) is 5.30. The van der Waals surface area contributed by atoms with Gasteiger partial charge in [-0.15, -0.1) is 0 Å². The molecule has 0 saturated heterocycles. The highest BCUT2D eigenvalue weighted by Gasteiger charge is 2.64.